The number of aliphatic imine (C=N–C) groups is 1. The summed E-state index contributed by atoms with van der Waals surface area (Å²) in [5.74, 6) is 1.65. The van der Waals surface area contributed by atoms with Crippen LogP contribution in [0.5, 0.6) is 0 Å². The SMILES string of the molecule is C=C(C)NC.C=C(NC)NC.CN=C(NC)NC.CNC.CNS(C)(=O)=O.Cc1cn(C)nn1.c1c[nH]cn1.c1cc[nH+]cc1.c1cc[nH]c1.c1ccc2[nH]ccc2c1.c1ccc2c(c1)[nH]c1c2ccc2c3ccccc3[nH]c21.c1ccc2c(c1)[nH]c1ccccc12. The molecule has 14 aromatic rings. The molecule has 6 aromatic carbocycles. The summed E-state index contributed by atoms with van der Waals surface area (Å²) < 4.78 is 23.5. The van der Waals surface area contributed by atoms with E-state index in [9.17, 15) is 8.42 Å². The van der Waals surface area contributed by atoms with Crippen LogP contribution in [0.1, 0.15) is 12.6 Å². The molecule has 0 radical (unpaired) electrons. The highest BCUT2D eigenvalue weighted by molar-refractivity contribution is 7.88. The summed E-state index contributed by atoms with van der Waals surface area (Å²) in [6.07, 6.45) is 17.5. The van der Waals surface area contributed by atoms with Crippen molar-refractivity contribution < 1.29 is 13.4 Å². The van der Waals surface area contributed by atoms with Gasteiger partial charge < -0.3 is 61.8 Å². The van der Waals surface area contributed by atoms with Gasteiger partial charge in [0.1, 0.15) is 0 Å². The van der Waals surface area contributed by atoms with Gasteiger partial charge in [-0.2, -0.15) is 0 Å². The molecule has 8 aromatic heterocycles. The minimum absolute atomic E-state index is 0.806. The molecule has 0 saturated carbocycles. The normalized spacial score (nSPS) is 9.62. The third kappa shape index (κ3) is 28.0. The molecule has 14 N–H and O–H groups in total. The van der Waals surface area contributed by atoms with Gasteiger partial charge in [0.15, 0.2) is 18.4 Å². The maximum absolute atomic E-state index is 9.89. The molecule has 0 amide bonds. The van der Waals surface area contributed by atoms with Gasteiger partial charge in [0.2, 0.25) is 10.0 Å². The van der Waals surface area contributed by atoms with Crippen LogP contribution < -0.4 is 41.6 Å². The Bertz CT molecular complexity index is 4050. The molecule has 92 heavy (non-hydrogen) atoms. The number of imidazole rings is 1. The van der Waals surface area contributed by atoms with Gasteiger partial charge in [-0.25, -0.2) is 23.1 Å². The largest absolute Gasteiger partial charge is 0.392 e. The summed E-state index contributed by atoms with van der Waals surface area (Å²) in [6, 6.07) is 58.1. The summed E-state index contributed by atoms with van der Waals surface area (Å²) in [7, 11) is 14.9. The molecular weight excluding hydrogens is 1170 g/mol. The van der Waals surface area contributed by atoms with E-state index in [2.05, 4.69) is 232 Å². The zero-order valence-corrected chi connectivity index (χ0v) is 56.1. The van der Waals surface area contributed by atoms with E-state index in [1.807, 2.05) is 150 Å². The average molecular weight is 1270 g/mol. The van der Waals surface area contributed by atoms with Crippen molar-refractivity contribution in [2.45, 2.75) is 13.8 Å². The number of guanidine groups is 1. The number of rotatable bonds is 4. The van der Waals surface area contributed by atoms with E-state index in [0.29, 0.717) is 0 Å². The molecule has 22 heteroatoms. The van der Waals surface area contributed by atoms with Crippen LogP contribution in [0, 0.1) is 6.92 Å². The minimum atomic E-state index is -2.91. The highest BCUT2D eigenvalue weighted by atomic mass is 32.2. The molecule has 0 unspecified atom stereocenters. The predicted octanol–water partition coefficient (Wildman–Crippen LogP) is 11.5. The maximum Gasteiger partial charge on any atom is 0.208 e. The van der Waals surface area contributed by atoms with Crippen molar-refractivity contribution >= 4 is 92.3 Å². The Morgan fingerprint density at radius 1 is 0.533 bits per heavy atom. The third-order valence-corrected chi connectivity index (χ3v) is 13.1. The van der Waals surface area contributed by atoms with Crippen molar-refractivity contribution in [3.63, 3.8) is 0 Å². The fourth-order valence-corrected chi connectivity index (χ4v) is 7.80. The van der Waals surface area contributed by atoms with E-state index in [0.717, 1.165) is 29.4 Å². The van der Waals surface area contributed by atoms with Gasteiger partial charge in [-0.05, 0) is 94.6 Å². The Kier molecular flexibility index (Phi) is 35.7. The first-order valence-electron chi connectivity index (χ1n) is 29.3. The number of pyridine rings is 1. The number of para-hydroxylation sites is 5. The van der Waals surface area contributed by atoms with Crippen LogP contribution in [-0.4, -0.2) is 134 Å². The number of fused-ring (bicyclic) bond motifs is 11. The number of nitrogens with zero attached hydrogens (tertiary/aromatic N) is 5. The molecule has 0 fully saturated rings. The zero-order chi connectivity index (χ0) is 67.4. The Labute approximate surface area is 541 Å². The Morgan fingerprint density at radius 2 is 0.967 bits per heavy atom. The van der Waals surface area contributed by atoms with Crippen molar-refractivity contribution in [2.24, 2.45) is 12.0 Å². The first-order chi connectivity index (χ1) is 44.5. The van der Waals surface area contributed by atoms with Crippen LogP contribution in [0.4, 0.5) is 0 Å². The van der Waals surface area contributed by atoms with Crippen molar-refractivity contribution in [1.82, 2.24) is 86.5 Å². The fraction of sp³-hybridized carbons (Fsp3) is 0.186. The van der Waals surface area contributed by atoms with Crippen LogP contribution in [-0.2, 0) is 17.1 Å². The number of benzene rings is 6. The standard InChI is InChI=1S/C18H12N2.C12H9N.C8H7N.C5H5N.C4H7N3.C4H11N3.C4H10N2.C4H5N.C4H9N.C3H4N2.C2H7NO2S.C2H7N/c1-3-7-15-11(5-1)13-9-10-14-12-6-2-4-8-16(12)20-18(14)17(13)19-15;1-3-7-11-9(5-1)10-6-2-4-8-12(10)13-11;1-2-4-8-7(3-1)5-6-9-8;1-2-4-6-5-3-1;1-4-3-7(2)6-5-4;1-5-4(6-2)7-3;1-4(5-2)6-3;1-2-4-5-3-1;1-4(2)5-3;1-2-5-3-4-1;1-3-6(2,4)5;1-3-2/h1-10,19-20H;1-8,13H;1-6,9H;1-5H;3H,1-2H3;1-3H3,(H2,5,6,7);5-6H,1H2,2-3H3;1-5H;5H,1H2,2-3H3;1-3H,(H,4,5);3H,1-2H3;3H,1-2H3/p+1. The zero-order valence-electron chi connectivity index (χ0n) is 55.2. The Morgan fingerprint density at radius 3 is 1.23 bits per heavy atom. The predicted molar refractivity (Wildman–Crippen MR) is 389 cm³/mol. The minimum Gasteiger partial charge on any atom is -0.392 e. The topological polar surface area (TPSA) is 283 Å². The number of hydrogen-bond acceptors (Lipinski definition) is 10. The lowest BCUT2D eigenvalue weighted by Crippen LogP contribution is -2.31. The first-order valence-corrected chi connectivity index (χ1v) is 31.2. The summed E-state index contributed by atoms with van der Waals surface area (Å²) in [4.78, 5) is 29.6. The molecule has 8 heterocycles. The number of aromatic amines is 7. The molecule has 0 saturated heterocycles. The van der Waals surface area contributed by atoms with Gasteiger partial charge in [0.25, 0.3) is 0 Å². The molecule has 0 bridgehead atoms. The lowest BCUT2D eigenvalue weighted by molar-refractivity contribution is -0.377. The smallest absolute Gasteiger partial charge is 0.208 e. The molecule has 0 aliphatic rings. The quantitative estimate of drug-likeness (QED) is 0.0581. The van der Waals surface area contributed by atoms with Crippen molar-refractivity contribution in [3.05, 3.63) is 256 Å². The number of H-pyrrole nitrogens is 7. The van der Waals surface area contributed by atoms with E-state index in [-0.39, 0.29) is 0 Å². The maximum atomic E-state index is 9.89. The number of aryl methyl sites for hydroxylation is 2. The molecule has 0 aliphatic carbocycles. The van der Waals surface area contributed by atoms with E-state index in [4.69, 9.17) is 0 Å². The van der Waals surface area contributed by atoms with E-state index in [1.54, 1.807) is 30.5 Å². The first kappa shape index (κ1) is 75.3. The summed E-state index contributed by atoms with van der Waals surface area (Å²) in [6.45, 7) is 11.0. The third-order valence-electron chi connectivity index (χ3n) is 12.4. The highest BCUT2D eigenvalue weighted by Gasteiger charge is 2.11. The van der Waals surface area contributed by atoms with Crippen molar-refractivity contribution in [1.29, 1.82) is 0 Å². The van der Waals surface area contributed by atoms with Crippen LogP contribution in [0.25, 0.3) is 76.3 Å². The van der Waals surface area contributed by atoms with Gasteiger partial charge in [-0.15, -0.1) is 5.10 Å². The molecule has 0 aliphatic heterocycles. The average Bonchev–Trinajstić information content (AvgIpc) is 1.60. The van der Waals surface area contributed by atoms with Crippen molar-refractivity contribution in [3.8, 4) is 0 Å². The highest BCUT2D eigenvalue weighted by Crippen LogP contribution is 2.34. The van der Waals surface area contributed by atoms with Gasteiger partial charge in [0.05, 0.1) is 35.1 Å². The Balaban J connectivity index is 0.000000274. The summed E-state index contributed by atoms with van der Waals surface area (Å²) >= 11 is 0. The second-order valence-corrected chi connectivity index (χ2v) is 21.3. The number of aromatic nitrogens is 11. The van der Waals surface area contributed by atoms with Gasteiger partial charge in [0, 0.05) is 159 Å². The van der Waals surface area contributed by atoms with Crippen LogP contribution in [0.3, 0.4) is 0 Å². The second-order valence-electron chi connectivity index (χ2n) is 19.3. The van der Waals surface area contributed by atoms with E-state index in [1.165, 1.54) is 83.4 Å². The monoisotopic (exact) mass is 1260 g/mol. The van der Waals surface area contributed by atoms with Crippen LogP contribution in [0.15, 0.2) is 255 Å². The second kappa shape index (κ2) is 43.7. The van der Waals surface area contributed by atoms with Gasteiger partial charge in [-0.1, -0.05) is 128 Å². The van der Waals surface area contributed by atoms with Crippen LogP contribution in [0.2, 0.25) is 0 Å². The molecular formula is C70H94N19O2S+. The molecule has 14 rings (SSSR count). The number of sulfonamides is 1. The lowest BCUT2D eigenvalue weighted by atomic mass is 10.1. The van der Waals surface area contributed by atoms with Gasteiger partial charge >= 0.3 is 0 Å². The number of hydrogen-bond donors (Lipinski definition) is 13. The molecule has 0 atom stereocenters. The van der Waals surface area contributed by atoms with Gasteiger partial charge in [-0.3, -0.25) is 9.67 Å². The number of nitrogens with one attached hydrogen (secondary N) is 14. The van der Waals surface area contributed by atoms with E-state index >= 15 is 0 Å². The molecule has 486 valence electrons. The molecule has 21 nitrogen and oxygen atoms in total. The lowest BCUT2D eigenvalue weighted by Gasteiger charge is -1.99. The summed E-state index contributed by atoms with van der Waals surface area (Å²) in [5.41, 5.74) is 10.4. The number of allylic oxidation sites excluding steroid dienone is 1. The Hall–Kier alpha value is -10.9. The van der Waals surface area contributed by atoms with E-state index < -0.39 is 10.0 Å². The van der Waals surface area contributed by atoms with Crippen LogP contribution >= 0.6 is 0 Å². The van der Waals surface area contributed by atoms with Crippen molar-refractivity contribution in [2.75, 3.05) is 69.7 Å². The molecule has 0 spiro atoms. The fourth-order valence-electron chi connectivity index (χ4n) is 7.80. The summed E-state index contributed by atoms with van der Waals surface area (Å²) in [5, 5.41) is 33.3.